The molecule has 5 nitrogen and oxygen atoms in total. The average Bonchev–Trinajstić information content (AvgIpc) is 2.97. The van der Waals surface area contributed by atoms with Gasteiger partial charge >= 0.3 is 5.97 Å². The number of fused-ring (bicyclic) bond motifs is 1. The highest BCUT2D eigenvalue weighted by molar-refractivity contribution is 5.90. The van der Waals surface area contributed by atoms with Crippen LogP contribution >= 0.6 is 0 Å². The Labute approximate surface area is 224 Å². The summed E-state index contributed by atoms with van der Waals surface area (Å²) in [5, 5.41) is 2.16. The van der Waals surface area contributed by atoms with Crippen LogP contribution in [0, 0.1) is 0 Å². The van der Waals surface area contributed by atoms with E-state index >= 15 is 0 Å². The van der Waals surface area contributed by atoms with Crippen LogP contribution in [-0.4, -0.2) is 41.3 Å². The number of nitrogens with zero attached hydrogens (tertiary/aromatic N) is 2. The third kappa shape index (κ3) is 6.35. The Morgan fingerprint density at radius 3 is 2.39 bits per heavy atom. The molecule has 0 radical (unpaired) electrons. The summed E-state index contributed by atoms with van der Waals surface area (Å²) in [5.41, 5.74) is 2.89. The Hall–Kier alpha value is -3.83. The van der Waals surface area contributed by atoms with E-state index < -0.39 is 0 Å². The number of aromatic nitrogens is 1. The van der Waals surface area contributed by atoms with Crippen LogP contribution < -0.4 is 4.74 Å². The van der Waals surface area contributed by atoms with E-state index in [-0.39, 0.29) is 23.6 Å². The molecule has 1 fully saturated rings. The van der Waals surface area contributed by atoms with Crippen LogP contribution in [0.1, 0.15) is 54.7 Å². The molecule has 0 N–H and O–H groups in total. The molecule has 4 aromatic rings. The van der Waals surface area contributed by atoms with Crippen molar-refractivity contribution in [3.63, 3.8) is 0 Å². The molecule has 3 aromatic carbocycles. The minimum atomic E-state index is -0.359. The Balaban J connectivity index is 1.32. The van der Waals surface area contributed by atoms with Gasteiger partial charge in [-0.2, -0.15) is 0 Å². The summed E-state index contributed by atoms with van der Waals surface area (Å²) in [6.07, 6.45) is 7.60. The second-order valence-corrected chi connectivity index (χ2v) is 10.2. The molecule has 1 saturated heterocycles. The van der Waals surface area contributed by atoms with Gasteiger partial charge in [-0.25, -0.2) is 0 Å². The number of likely N-dealkylation sites (tertiary alicyclic amines) is 1. The summed E-state index contributed by atoms with van der Waals surface area (Å²) >= 11 is 0. The van der Waals surface area contributed by atoms with Gasteiger partial charge in [0.2, 0.25) is 0 Å². The van der Waals surface area contributed by atoms with E-state index in [0.717, 1.165) is 40.6 Å². The van der Waals surface area contributed by atoms with E-state index in [1.54, 1.807) is 6.20 Å². The topological polar surface area (TPSA) is 59.5 Å². The van der Waals surface area contributed by atoms with Crippen LogP contribution in [-0.2, 0) is 16.0 Å². The van der Waals surface area contributed by atoms with Gasteiger partial charge in [-0.3, -0.25) is 14.6 Å². The number of ether oxygens (including phenoxy) is 1. The van der Waals surface area contributed by atoms with Crippen molar-refractivity contribution in [2.45, 2.75) is 44.4 Å². The first kappa shape index (κ1) is 25.8. The van der Waals surface area contributed by atoms with Gasteiger partial charge in [0.1, 0.15) is 11.5 Å². The molecule has 0 bridgehead atoms. The number of carbonyl (C=O) groups is 2. The standard InChI is InChI=1S/C33H34N2O3/c1-24(26-8-4-2-5-9-26)33(37)38-30-14-12-27(13-15-30)31(23-35-18-6-3-7-19-35)32(36)21-25-10-11-29-22-34-17-16-28(29)20-25/h2,4-5,8-17,20,22,24,31H,3,6-7,18-19,21,23H2,1H3. The van der Waals surface area contributed by atoms with E-state index in [0.29, 0.717) is 18.7 Å². The molecule has 5 heteroatoms. The van der Waals surface area contributed by atoms with Gasteiger partial charge in [0.15, 0.2) is 0 Å². The lowest BCUT2D eigenvalue weighted by Gasteiger charge is -2.30. The van der Waals surface area contributed by atoms with E-state index in [9.17, 15) is 9.59 Å². The maximum Gasteiger partial charge on any atom is 0.318 e. The summed E-state index contributed by atoms with van der Waals surface area (Å²) in [6, 6.07) is 25.2. The molecule has 2 unspecified atom stereocenters. The fourth-order valence-electron chi connectivity index (χ4n) is 5.21. The molecule has 5 rings (SSSR count). The van der Waals surface area contributed by atoms with Crippen LogP contribution in [0.3, 0.4) is 0 Å². The first-order valence-corrected chi connectivity index (χ1v) is 13.5. The molecule has 2 heterocycles. The maximum atomic E-state index is 13.7. The lowest BCUT2D eigenvalue weighted by atomic mass is 9.89. The lowest BCUT2D eigenvalue weighted by molar-refractivity contribution is -0.135. The first-order valence-electron chi connectivity index (χ1n) is 13.5. The van der Waals surface area contributed by atoms with Gasteiger partial charge in [-0.15, -0.1) is 0 Å². The van der Waals surface area contributed by atoms with Crippen molar-refractivity contribution in [1.82, 2.24) is 9.88 Å². The molecule has 1 aliphatic heterocycles. The maximum absolute atomic E-state index is 13.7. The van der Waals surface area contributed by atoms with Gasteiger partial charge in [0.05, 0.1) is 11.8 Å². The van der Waals surface area contributed by atoms with Gasteiger partial charge in [0, 0.05) is 30.7 Å². The van der Waals surface area contributed by atoms with Crippen molar-refractivity contribution >= 4 is 22.5 Å². The predicted molar refractivity (Wildman–Crippen MR) is 150 cm³/mol. The minimum Gasteiger partial charge on any atom is -0.426 e. The highest BCUT2D eigenvalue weighted by atomic mass is 16.5. The van der Waals surface area contributed by atoms with Gasteiger partial charge in [-0.05, 0) is 73.1 Å². The number of esters is 1. The summed E-state index contributed by atoms with van der Waals surface area (Å²) in [6.45, 7) is 4.61. The highest BCUT2D eigenvalue weighted by Gasteiger charge is 2.25. The number of piperidine rings is 1. The van der Waals surface area contributed by atoms with Gasteiger partial charge in [-0.1, -0.05) is 67.1 Å². The number of ketones is 1. The first-order chi connectivity index (χ1) is 18.6. The second-order valence-electron chi connectivity index (χ2n) is 10.2. The largest absolute Gasteiger partial charge is 0.426 e. The lowest BCUT2D eigenvalue weighted by Crippen LogP contribution is -2.36. The number of benzene rings is 3. The molecule has 0 spiro atoms. The number of pyridine rings is 1. The SMILES string of the molecule is CC(C(=O)Oc1ccc(C(CN2CCCCC2)C(=O)Cc2ccc3cnccc3c2)cc1)c1ccccc1. The number of hydrogen-bond donors (Lipinski definition) is 0. The van der Waals surface area contributed by atoms with Crippen molar-refractivity contribution < 1.29 is 14.3 Å². The summed E-state index contributed by atoms with van der Waals surface area (Å²) in [4.78, 5) is 33.0. The average molecular weight is 507 g/mol. The molecule has 2 atom stereocenters. The van der Waals surface area contributed by atoms with Crippen molar-refractivity contribution in [1.29, 1.82) is 0 Å². The zero-order valence-electron chi connectivity index (χ0n) is 21.9. The Morgan fingerprint density at radius 1 is 0.868 bits per heavy atom. The molecule has 1 aromatic heterocycles. The third-order valence-corrected chi connectivity index (χ3v) is 7.52. The number of hydrogen-bond acceptors (Lipinski definition) is 5. The van der Waals surface area contributed by atoms with Gasteiger partial charge in [0.25, 0.3) is 0 Å². The number of carbonyl (C=O) groups excluding carboxylic acids is 2. The van der Waals surface area contributed by atoms with E-state index in [1.165, 1.54) is 19.3 Å². The van der Waals surface area contributed by atoms with Crippen LogP contribution in [0.5, 0.6) is 5.75 Å². The third-order valence-electron chi connectivity index (χ3n) is 7.52. The second kappa shape index (κ2) is 12.1. The number of rotatable bonds is 9. The quantitative estimate of drug-likeness (QED) is 0.196. The zero-order chi connectivity index (χ0) is 26.3. The Bertz CT molecular complexity index is 1380. The fourth-order valence-corrected chi connectivity index (χ4v) is 5.21. The van der Waals surface area contributed by atoms with Crippen LogP contribution in [0.2, 0.25) is 0 Å². The molecule has 0 amide bonds. The van der Waals surface area contributed by atoms with Gasteiger partial charge < -0.3 is 9.64 Å². The van der Waals surface area contributed by atoms with Crippen LogP contribution in [0.4, 0.5) is 0 Å². The monoisotopic (exact) mass is 506 g/mol. The summed E-state index contributed by atoms with van der Waals surface area (Å²) in [5.74, 6) is -0.201. The van der Waals surface area contributed by atoms with E-state index in [4.69, 9.17) is 4.74 Å². The number of Topliss-reactive ketones (excluding diaryl/α,β-unsaturated/α-hetero) is 1. The fraction of sp³-hybridized carbons (Fsp3) is 0.303. The molecule has 194 valence electrons. The van der Waals surface area contributed by atoms with Crippen LogP contribution in [0.25, 0.3) is 10.8 Å². The van der Waals surface area contributed by atoms with Crippen molar-refractivity contribution in [3.05, 3.63) is 108 Å². The van der Waals surface area contributed by atoms with E-state index in [2.05, 4.69) is 16.0 Å². The molecule has 38 heavy (non-hydrogen) atoms. The molecule has 0 aliphatic carbocycles. The van der Waals surface area contributed by atoms with Crippen molar-refractivity contribution in [2.24, 2.45) is 0 Å². The van der Waals surface area contributed by atoms with Crippen molar-refractivity contribution in [2.75, 3.05) is 19.6 Å². The minimum absolute atomic E-state index is 0.200. The highest BCUT2D eigenvalue weighted by Crippen LogP contribution is 2.27. The normalized spacial score (nSPS) is 15.6. The zero-order valence-corrected chi connectivity index (χ0v) is 21.9. The Kier molecular flexibility index (Phi) is 8.25. The van der Waals surface area contributed by atoms with E-state index in [1.807, 2.05) is 85.9 Å². The van der Waals surface area contributed by atoms with Crippen LogP contribution in [0.15, 0.2) is 91.3 Å². The Morgan fingerprint density at radius 2 is 1.63 bits per heavy atom. The smallest absolute Gasteiger partial charge is 0.318 e. The summed E-state index contributed by atoms with van der Waals surface area (Å²) < 4.78 is 5.67. The molecular weight excluding hydrogens is 472 g/mol. The predicted octanol–water partition coefficient (Wildman–Crippen LogP) is 6.33. The molecular formula is C33H34N2O3. The molecule has 1 aliphatic rings. The van der Waals surface area contributed by atoms with Crippen molar-refractivity contribution in [3.8, 4) is 5.75 Å². The summed E-state index contributed by atoms with van der Waals surface area (Å²) in [7, 11) is 0. The molecule has 0 saturated carbocycles.